The van der Waals surface area contributed by atoms with Crippen LogP contribution in [0.25, 0.3) is 0 Å². The van der Waals surface area contributed by atoms with Crippen LogP contribution >= 0.6 is 22.6 Å². The van der Waals surface area contributed by atoms with Crippen molar-refractivity contribution in [2.75, 3.05) is 19.8 Å². The van der Waals surface area contributed by atoms with Crippen molar-refractivity contribution in [3.63, 3.8) is 0 Å². The first-order valence-electron chi connectivity index (χ1n) is 16.2. The molecule has 4 aromatic rings. The van der Waals surface area contributed by atoms with Crippen molar-refractivity contribution in [1.29, 1.82) is 0 Å². The second-order valence-electron chi connectivity index (χ2n) is 10.8. The van der Waals surface area contributed by atoms with Crippen LogP contribution in [0.15, 0.2) is 84.9 Å². The highest BCUT2D eigenvalue weighted by Gasteiger charge is 2.06. The molecule has 234 valence electrons. The number of unbranched alkanes of at least 4 members (excludes halogenated alkanes) is 3. The average Bonchev–Trinajstić information content (AvgIpc) is 3.08. The highest BCUT2D eigenvalue weighted by molar-refractivity contribution is 14.1. The van der Waals surface area contributed by atoms with E-state index in [1.54, 1.807) is 0 Å². The molecule has 0 aliphatic carbocycles. The molecule has 0 unspecified atom stereocenters. The van der Waals surface area contributed by atoms with Crippen molar-refractivity contribution < 1.29 is 14.2 Å². The molecule has 0 fully saturated rings. The molecule has 0 bridgehead atoms. The quantitative estimate of drug-likeness (QED) is 0.0829. The second-order valence-corrected chi connectivity index (χ2v) is 12.0. The minimum Gasteiger partial charge on any atom is -0.494 e. The lowest BCUT2D eigenvalue weighted by atomic mass is 10.0. The molecule has 0 aromatic heterocycles. The van der Waals surface area contributed by atoms with E-state index in [4.69, 9.17) is 14.2 Å². The molecular weight excluding hydrogens is 679 g/mol. The summed E-state index contributed by atoms with van der Waals surface area (Å²) in [4.78, 5) is 0. The molecule has 46 heavy (non-hydrogen) atoms. The topological polar surface area (TPSA) is 27.7 Å². The summed E-state index contributed by atoms with van der Waals surface area (Å²) in [7, 11) is 0. The molecule has 0 spiro atoms. The third-order valence-corrected chi connectivity index (χ3v) is 7.89. The monoisotopic (exact) mass is 720 g/mol. The SMILES string of the molecule is CCCCOc1ccc(C#Cc2cc(C#Cc3ccc(OCCCC)cc3)c(C#Cc3ccc(OCCCC)cc3)cc2I)cc1. The van der Waals surface area contributed by atoms with Gasteiger partial charge in [-0.3, -0.25) is 0 Å². The van der Waals surface area contributed by atoms with E-state index in [-0.39, 0.29) is 0 Å². The van der Waals surface area contributed by atoms with Crippen LogP contribution in [0, 0.1) is 39.1 Å². The van der Waals surface area contributed by atoms with Gasteiger partial charge in [0.15, 0.2) is 0 Å². The van der Waals surface area contributed by atoms with E-state index in [2.05, 4.69) is 85.0 Å². The van der Waals surface area contributed by atoms with Gasteiger partial charge in [0.2, 0.25) is 0 Å². The molecule has 4 rings (SSSR count). The Morgan fingerprint density at radius 1 is 0.435 bits per heavy atom. The zero-order valence-electron chi connectivity index (χ0n) is 27.0. The van der Waals surface area contributed by atoms with E-state index >= 15 is 0 Å². The van der Waals surface area contributed by atoms with Crippen LogP contribution in [0.1, 0.15) is 92.7 Å². The van der Waals surface area contributed by atoms with E-state index in [9.17, 15) is 0 Å². The van der Waals surface area contributed by atoms with Gasteiger partial charge in [-0.25, -0.2) is 0 Å². The van der Waals surface area contributed by atoms with Gasteiger partial charge in [0.1, 0.15) is 17.2 Å². The Morgan fingerprint density at radius 2 is 0.761 bits per heavy atom. The van der Waals surface area contributed by atoms with Crippen molar-refractivity contribution in [2.45, 2.75) is 59.3 Å². The molecule has 4 aromatic carbocycles. The summed E-state index contributed by atoms with van der Waals surface area (Å²) in [6.45, 7) is 8.65. The van der Waals surface area contributed by atoms with Gasteiger partial charge in [0.25, 0.3) is 0 Å². The van der Waals surface area contributed by atoms with E-state index < -0.39 is 0 Å². The van der Waals surface area contributed by atoms with Crippen LogP contribution in [0.5, 0.6) is 17.2 Å². The lowest BCUT2D eigenvalue weighted by molar-refractivity contribution is 0.309. The number of ether oxygens (including phenoxy) is 3. The van der Waals surface area contributed by atoms with Gasteiger partial charge in [-0.05, 0) is 127 Å². The number of hydrogen-bond donors (Lipinski definition) is 0. The van der Waals surface area contributed by atoms with Crippen LogP contribution in [0.4, 0.5) is 0 Å². The standard InChI is InChI=1S/C42H41IO3/c1-4-7-28-44-39-22-13-33(14-23-39)10-19-36-31-38(21-12-35-17-26-41(27-18-35)46-30-9-6-3)42(43)32-37(36)20-11-34-15-24-40(25-16-34)45-29-8-5-2/h13-18,22-27,31-32H,4-9,28-30H2,1-3H3. The van der Waals surface area contributed by atoms with Gasteiger partial charge in [0.05, 0.1) is 19.8 Å². The normalized spacial score (nSPS) is 10.0. The molecule has 0 atom stereocenters. The largest absolute Gasteiger partial charge is 0.494 e. The molecule has 4 heteroatoms. The molecule has 0 radical (unpaired) electrons. The minimum atomic E-state index is 0.724. The van der Waals surface area contributed by atoms with Gasteiger partial charge in [-0.1, -0.05) is 75.6 Å². The first kappa shape index (κ1) is 34.6. The van der Waals surface area contributed by atoms with Gasteiger partial charge in [-0.2, -0.15) is 0 Å². The van der Waals surface area contributed by atoms with E-state index in [0.29, 0.717) is 0 Å². The first-order valence-corrected chi connectivity index (χ1v) is 17.2. The highest BCUT2D eigenvalue weighted by Crippen LogP contribution is 2.20. The number of halogens is 1. The molecule has 0 saturated carbocycles. The number of hydrogen-bond acceptors (Lipinski definition) is 3. The van der Waals surface area contributed by atoms with E-state index in [1.807, 2.05) is 78.9 Å². The van der Waals surface area contributed by atoms with E-state index in [0.717, 1.165) is 113 Å². The van der Waals surface area contributed by atoms with E-state index in [1.165, 1.54) is 0 Å². The van der Waals surface area contributed by atoms with Crippen LogP contribution < -0.4 is 14.2 Å². The van der Waals surface area contributed by atoms with Gasteiger partial charge >= 0.3 is 0 Å². The van der Waals surface area contributed by atoms with Gasteiger partial charge < -0.3 is 14.2 Å². The maximum absolute atomic E-state index is 5.81. The molecule has 0 saturated heterocycles. The Morgan fingerprint density at radius 3 is 1.11 bits per heavy atom. The molecule has 0 amide bonds. The van der Waals surface area contributed by atoms with Crippen molar-refractivity contribution in [2.24, 2.45) is 0 Å². The summed E-state index contributed by atoms with van der Waals surface area (Å²) in [5.41, 5.74) is 5.36. The van der Waals surface area contributed by atoms with Crippen molar-refractivity contribution in [3.8, 4) is 52.8 Å². The van der Waals surface area contributed by atoms with Crippen LogP contribution in [-0.4, -0.2) is 19.8 Å². The molecule has 0 N–H and O–H groups in total. The fraction of sp³-hybridized carbons (Fsp3) is 0.286. The summed E-state index contributed by atoms with van der Waals surface area (Å²) in [5.74, 6) is 22.6. The lowest BCUT2D eigenvalue weighted by Gasteiger charge is -2.05. The Balaban J connectivity index is 1.60. The fourth-order valence-corrected chi connectivity index (χ4v) is 4.80. The lowest BCUT2D eigenvalue weighted by Crippen LogP contribution is -1.96. The summed E-state index contributed by atoms with van der Waals surface area (Å²) in [6, 6.07) is 27.9. The maximum Gasteiger partial charge on any atom is 0.119 e. The Hall–Kier alpha value is -4.31. The summed E-state index contributed by atoms with van der Waals surface area (Å²) >= 11 is 2.33. The Kier molecular flexibility index (Phi) is 14.5. The summed E-state index contributed by atoms with van der Waals surface area (Å²) < 4.78 is 18.4. The summed E-state index contributed by atoms with van der Waals surface area (Å²) in [6.07, 6.45) is 6.46. The molecule has 0 heterocycles. The molecule has 3 nitrogen and oxygen atoms in total. The van der Waals surface area contributed by atoms with Crippen LogP contribution in [0.3, 0.4) is 0 Å². The summed E-state index contributed by atoms with van der Waals surface area (Å²) in [5, 5.41) is 0. The molecular formula is C42H41IO3. The maximum atomic E-state index is 5.81. The number of benzene rings is 4. The minimum absolute atomic E-state index is 0.724. The molecule has 0 aliphatic rings. The van der Waals surface area contributed by atoms with Crippen molar-refractivity contribution in [1.82, 2.24) is 0 Å². The Bertz CT molecular complexity index is 1720. The van der Waals surface area contributed by atoms with Crippen LogP contribution in [-0.2, 0) is 0 Å². The predicted molar refractivity (Wildman–Crippen MR) is 198 cm³/mol. The third kappa shape index (κ3) is 11.6. The zero-order valence-corrected chi connectivity index (χ0v) is 29.2. The molecule has 0 aliphatic heterocycles. The predicted octanol–water partition coefficient (Wildman–Crippen LogP) is 10.0. The number of rotatable bonds is 12. The van der Waals surface area contributed by atoms with Gasteiger partial charge in [0, 0.05) is 37.0 Å². The average molecular weight is 721 g/mol. The first-order chi connectivity index (χ1) is 22.6. The third-order valence-electron chi connectivity index (χ3n) is 6.99. The zero-order chi connectivity index (χ0) is 32.4. The smallest absolute Gasteiger partial charge is 0.119 e. The highest BCUT2D eigenvalue weighted by atomic mass is 127. The Labute approximate surface area is 289 Å². The van der Waals surface area contributed by atoms with Crippen LogP contribution in [0.2, 0.25) is 0 Å². The second kappa shape index (κ2) is 19.3. The van der Waals surface area contributed by atoms with Crippen molar-refractivity contribution >= 4 is 22.6 Å². The van der Waals surface area contributed by atoms with Crippen molar-refractivity contribution in [3.05, 3.63) is 122 Å². The van der Waals surface area contributed by atoms with Gasteiger partial charge in [-0.15, -0.1) is 0 Å². The fourth-order valence-electron chi connectivity index (χ4n) is 4.20.